The predicted molar refractivity (Wildman–Crippen MR) is 249 cm³/mol. The van der Waals surface area contributed by atoms with Gasteiger partial charge in [0.25, 0.3) is 0 Å². The van der Waals surface area contributed by atoms with Crippen LogP contribution in [0.2, 0.25) is 0 Å². The fourth-order valence-electron chi connectivity index (χ4n) is 9.60. The van der Waals surface area contributed by atoms with Gasteiger partial charge in [-0.1, -0.05) is 158 Å². The summed E-state index contributed by atoms with van der Waals surface area (Å²) in [5.41, 5.74) is 7.40. The van der Waals surface area contributed by atoms with Gasteiger partial charge in [0.1, 0.15) is 0 Å². The van der Waals surface area contributed by atoms with Gasteiger partial charge in [0.15, 0.2) is 11.6 Å². The van der Waals surface area contributed by atoms with Crippen LogP contribution >= 0.6 is 0 Å². The van der Waals surface area contributed by atoms with Crippen molar-refractivity contribution >= 4 is 86.7 Å². The first-order valence-corrected chi connectivity index (χ1v) is 20.4. The van der Waals surface area contributed by atoms with Gasteiger partial charge < -0.3 is 4.57 Å². The lowest BCUT2D eigenvalue weighted by molar-refractivity contribution is 0.955. The van der Waals surface area contributed by atoms with Crippen LogP contribution < -0.4 is 0 Å². The standard InChI is InChI=1S/C55H33N5/c1-3-18-38-32-50-45(30-36(38)16-1)42-24-9-10-27-47(42)59(50)48-28-13-29-49-52(48)46-31-37-17-2-4-19-39(37)33-51(46)60(49)55-57-53(43-25-11-20-34-14-5-7-22-40(34)43)56-54(58-55)44-26-12-21-35-15-6-8-23-41(35)44/h1-33H. The van der Waals surface area contributed by atoms with Gasteiger partial charge in [0.05, 0.1) is 27.8 Å². The van der Waals surface area contributed by atoms with Crippen LogP contribution in [-0.2, 0) is 0 Å². The Balaban J connectivity index is 1.17. The van der Waals surface area contributed by atoms with E-state index in [1.54, 1.807) is 0 Å². The lowest BCUT2D eigenvalue weighted by atomic mass is 10.0. The lowest BCUT2D eigenvalue weighted by Crippen LogP contribution is -2.07. The fraction of sp³-hybridized carbons (Fsp3) is 0. The van der Waals surface area contributed by atoms with Crippen LogP contribution in [-0.4, -0.2) is 24.1 Å². The summed E-state index contributed by atoms with van der Waals surface area (Å²) in [7, 11) is 0. The number of nitrogens with zero attached hydrogens (tertiary/aromatic N) is 5. The molecule has 5 nitrogen and oxygen atoms in total. The maximum atomic E-state index is 5.44. The molecular weight excluding hydrogens is 731 g/mol. The molecule has 0 saturated heterocycles. The summed E-state index contributed by atoms with van der Waals surface area (Å²) in [6.45, 7) is 0. The van der Waals surface area contributed by atoms with Crippen molar-refractivity contribution in [1.82, 2.24) is 24.1 Å². The summed E-state index contributed by atoms with van der Waals surface area (Å²) >= 11 is 0. The van der Waals surface area contributed by atoms with Crippen LogP contribution in [0.4, 0.5) is 0 Å². The molecule has 0 bridgehead atoms. The summed E-state index contributed by atoms with van der Waals surface area (Å²) in [6, 6.07) is 71.6. The Morgan fingerprint density at radius 3 is 1.35 bits per heavy atom. The number of aromatic nitrogens is 5. The highest BCUT2D eigenvalue weighted by atomic mass is 15.2. The molecule has 0 atom stereocenters. The van der Waals surface area contributed by atoms with E-state index < -0.39 is 0 Å². The van der Waals surface area contributed by atoms with Crippen LogP contribution in [0.25, 0.3) is 121 Å². The van der Waals surface area contributed by atoms with E-state index in [0.717, 1.165) is 71.1 Å². The molecule has 0 fully saturated rings. The Morgan fingerprint density at radius 1 is 0.283 bits per heavy atom. The van der Waals surface area contributed by atoms with Gasteiger partial charge in [-0.25, -0.2) is 4.98 Å². The lowest BCUT2D eigenvalue weighted by Gasteiger charge is -2.14. The van der Waals surface area contributed by atoms with Gasteiger partial charge in [0.2, 0.25) is 5.95 Å². The minimum absolute atomic E-state index is 0.566. The maximum absolute atomic E-state index is 5.44. The van der Waals surface area contributed by atoms with Crippen molar-refractivity contribution in [2.45, 2.75) is 0 Å². The van der Waals surface area contributed by atoms with E-state index in [4.69, 9.17) is 15.0 Å². The summed E-state index contributed by atoms with van der Waals surface area (Å²) in [5, 5.41) is 13.9. The minimum atomic E-state index is 0.566. The Hall–Kier alpha value is -8.15. The SMILES string of the molecule is c1ccc2cc3c(cc2c1)c1ccccc1n3-c1cccc2c1c1cc3ccccc3cc1n2-c1nc(-c2cccc3ccccc23)nc(-c2cccc3ccccc23)n1. The van der Waals surface area contributed by atoms with E-state index >= 15 is 0 Å². The van der Waals surface area contributed by atoms with E-state index in [0.29, 0.717) is 17.6 Å². The topological polar surface area (TPSA) is 48.5 Å². The van der Waals surface area contributed by atoms with Crippen LogP contribution in [0.1, 0.15) is 0 Å². The summed E-state index contributed by atoms with van der Waals surface area (Å²) in [6.07, 6.45) is 0. The van der Waals surface area contributed by atoms with E-state index in [9.17, 15) is 0 Å². The first kappa shape index (κ1) is 32.9. The zero-order valence-corrected chi connectivity index (χ0v) is 32.3. The van der Waals surface area contributed by atoms with Gasteiger partial charge in [0, 0.05) is 32.7 Å². The van der Waals surface area contributed by atoms with E-state index in [1.807, 2.05) is 0 Å². The highest BCUT2D eigenvalue weighted by Gasteiger charge is 2.23. The molecule has 10 aromatic carbocycles. The molecule has 60 heavy (non-hydrogen) atoms. The smallest absolute Gasteiger partial charge is 0.238 e. The van der Waals surface area contributed by atoms with Crippen molar-refractivity contribution in [2.24, 2.45) is 0 Å². The number of fused-ring (bicyclic) bond motifs is 10. The molecule has 0 unspecified atom stereocenters. The Labute approximate surface area is 344 Å². The van der Waals surface area contributed by atoms with Crippen LogP contribution in [0, 0.1) is 0 Å². The van der Waals surface area contributed by atoms with E-state index in [1.165, 1.54) is 32.4 Å². The van der Waals surface area contributed by atoms with E-state index in [2.05, 4.69) is 209 Å². The summed E-state index contributed by atoms with van der Waals surface area (Å²) in [5.74, 6) is 1.82. The highest BCUT2D eigenvalue weighted by molar-refractivity contribution is 6.19. The molecule has 0 aliphatic rings. The molecule has 0 saturated carbocycles. The molecule has 3 aromatic heterocycles. The normalized spacial score (nSPS) is 12.0. The Morgan fingerprint density at radius 2 is 0.733 bits per heavy atom. The second-order valence-electron chi connectivity index (χ2n) is 15.6. The van der Waals surface area contributed by atoms with Gasteiger partial charge in [-0.3, -0.25) is 4.57 Å². The quantitative estimate of drug-likeness (QED) is 0.179. The van der Waals surface area contributed by atoms with Crippen molar-refractivity contribution in [3.8, 4) is 34.4 Å². The average Bonchev–Trinajstić information content (AvgIpc) is 3.81. The molecule has 0 radical (unpaired) electrons. The van der Waals surface area contributed by atoms with Crippen molar-refractivity contribution in [3.05, 3.63) is 200 Å². The molecule has 278 valence electrons. The zero-order valence-electron chi connectivity index (χ0n) is 32.3. The number of hydrogen-bond acceptors (Lipinski definition) is 3. The highest BCUT2D eigenvalue weighted by Crippen LogP contribution is 2.42. The fourth-order valence-corrected chi connectivity index (χ4v) is 9.60. The molecule has 0 aliphatic heterocycles. The predicted octanol–water partition coefficient (Wildman–Crippen LogP) is 14.0. The van der Waals surface area contributed by atoms with Crippen LogP contribution in [0.5, 0.6) is 0 Å². The molecule has 0 amide bonds. The van der Waals surface area contributed by atoms with Gasteiger partial charge in [-0.15, -0.1) is 0 Å². The summed E-state index contributed by atoms with van der Waals surface area (Å²) < 4.78 is 4.71. The van der Waals surface area contributed by atoms with Crippen LogP contribution in [0.15, 0.2) is 200 Å². The summed E-state index contributed by atoms with van der Waals surface area (Å²) in [4.78, 5) is 16.2. The molecular formula is C55H33N5. The third-order valence-corrected chi connectivity index (χ3v) is 12.3. The minimum Gasteiger partial charge on any atom is -0.309 e. The second kappa shape index (κ2) is 12.7. The first-order valence-electron chi connectivity index (χ1n) is 20.4. The number of para-hydroxylation sites is 1. The van der Waals surface area contributed by atoms with Gasteiger partial charge in [-0.05, 0) is 85.6 Å². The number of hydrogen-bond donors (Lipinski definition) is 0. The second-order valence-corrected chi connectivity index (χ2v) is 15.6. The van der Waals surface area contributed by atoms with Crippen molar-refractivity contribution in [3.63, 3.8) is 0 Å². The molecule has 5 heteroatoms. The van der Waals surface area contributed by atoms with Gasteiger partial charge >= 0.3 is 0 Å². The third-order valence-electron chi connectivity index (χ3n) is 12.3. The van der Waals surface area contributed by atoms with Crippen LogP contribution in [0.3, 0.4) is 0 Å². The van der Waals surface area contributed by atoms with Gasteiger partial charge in [-0.2, -0.15) is 9.97 Å². The molecule has 3 heterocycles. The van der Waals surface area contributed by atoms with Crippen molar-refractivity contribution in [2.75, 3.05) is 0 Å². The average molecular weight is 764 g/mol. The zero-order chi connectivity index (χ0) is 39.3. The molecule has 0 N–H and O–H groups in total. The molecule has 0 spiro atoms. The molecule has 13 aromatic rings. The van der Waals surface area contributed by atoms with Crippen molar-refractivity contribution in [1.29, 1.82) is 0 Å². The maximum Gasteiger partial charge on any atom is 0.238 e. The number of rotatable bonds is 4. The first-order chi connectivity index (χ1) is 29.7. The number of benzene rings is 10. The van der Waals surface area contributed by atoms with Crippen molar-refractivity contribution < 1.29 is 0 Å². The molecule has 13 rings (SSSR count). The molecule has 0 aliphatic carbocycles. The largest absolute Gasteiger partial charge is 0.309 e. The Bertz CT molecular complexity index is 3800. The Kier molecular flexibility index (Phi) is 6.95. The third kappa shape index (κ3) is 4.84. The monoisotopic (exact) mass is 763 g/mol. The van der Waals surface area contributed by atoms with E-state index in [-0.39, 0.29) is 0 Å².